The molecule has 1 rings (SSSR count). The highest BCUT2D eigenvalue weighted by molar-refractivity contribution is 14.1. The highest BCUT2D eigenvalue weighted by atomic mass is 127. The van der Waals surface area contributed by atoms with Crippen LogP contribution in [0.5, 0.6) is 0 Å². The summed E-state index contributed by atoms with van der Waals surface area (Å²) in [7, 11) is 0. The lowest BCUT2D eigenvalue weighted by atomic mass is 10.2. The number of thiocarbonyl (C=S) groups is 1. The first kappa shape index (κ1) is 9.80. The van der Waals surface area contributed by atoms with Gasteiger partial charge in [-0.05, 0) is 52.5 Å². The SMILES string of the molecule is NCc1ccc(N=C=S)c(I)c1. The van der Waals surface area contributed by atoms with Crippen LogP contribution in [0.15, 0.2) is 23.2 Å². The Labute approximate surface area is 90.0 Å². The quantitative estimate of drug-likeness (QED) is 0.516. The van der Waals surface area contributed by atoms with Crippen molar-refractivity contribution < 1.29 is 0 Å². The van der Waals surface area contributed by atoms with Crippen molar-refractivity contribution in [1.82, 2.24) is 0 Å². The fraction of sp³-hybridized carbons (Fsp3) is 0.125. The smallest absolute Gasteiger partial charge is 0.0873 e. The number of aliphatic imine (C=N–C) groups is 1. The van der Waals surface area contributed by atoms with Gasteiger partial charge in [0, 0.05) is 10.1 Å². The highest BCUT2D eigenvalue weighted by Gasteiger charge is 1.97. The summed E-state index contributed by atoms with van der Waals surface area (Å²) in [6, 6.07) is 5.82. The molecule has 0 aliphatic heterocycles. The van der Waals surface area contributed by atoms with Crippen LogP contribution in [0.4, 0.5) is 5.69 Å². The molecule has 0 aliphatic carbocycles. The largest absolute Gasteiger partial charge is 0.326 e. The summed E-state index contributed by atoms with van der Waals surface area (Å²) in [5.41, 5.74) is 7.42. The van der Waals surface area contributed by atoms with Gasteiger partial charge in [-0.3, -0.25) is 0 Å². The van der Waals surface area contributed by atoms with Crippen molar-refractivity contribution in [2.24, 2.45) is 10.7 Å². The molecule has 0 saturated carbocycles. The van der Waals surface area contributed by atoms with Crippen LogP contribution in [0, 0.1) is 3.57 Å². The normalized spacial score (nSPS) is 9.17. The molecule has 0 unspecified atom stereocenters. The van der Waals surface area contributed by atoms with Gasteiger partial charge >= 0.3 is 0 Å². The lowest BCUT2D eigenvalue weighted by molar-refractivity contribution is 1.07. The minimum absolute atomic E-state index is 0.553. The number of benzene rings is 1. The van der Waals surface area contributed by atoms with Gasteiger partial charge in [0.05, 0.1) is 10.8 Å². The summed E-state index contributed by atoms with van der Waals surface area (Å²) in [5, 5.41) is 2.33. The number of isothiocyanates is 1. The minimum atomic E-state index is 0.553. The Morgan fingerprint density at radius 2 is 2.33 bits per heavy atom. The molecule has 0 saturated heterocycles. The maximum Gasteiger partial charge on any atom is 0.0873 e. The van der Waals surface area contributed by atoms with E-state index in [4.69, 9.17) is 5.73 Å². The Hall–Kier alpha value is -0.290. The molecule has 0 amide bonds. The highest BCUT2D eigenvalue weighted by Crippen LogP contribution is 2.21. The Morgan fingerprint density at radius 3 is 2.83 bits per heavy atom. The van der Waals surface area contributed by atoms with Gasteiger partial charge in [0.15, 0.2) is 0 Å². The summed E-state index contributed by atoms with van der Waals surface area (Å²) in [5.74, 6) is 0. The third kappa shape index (κ3) is 2.35. The molecule has 0 aromatic heterocycles. The van der Waals surface area contributed by atoms with Crippen molar-refractivity contribution in [1.29, 1.82) is 0 Å². The zero-order valence-corrected chi connectivity index (χ0v) is 9.22. The van der Waals surface area contributed by atoms with Crippen LogP contribution in [0.2, 0.25) is 0 Å². The minimum Gasteiger partial charge on any atom is -0.326 e. The number of halogens is 1. The molecule has 0 aliphatic rings. The topological polar surface area (TPSA) is 38.4 Å². The lowest BCUT2D eigenvalue weighted by Gasteiger charge is -1.99. The molecule has 4 heteroatoms. The first-order valence-electron chi connectivity index (χ1n) is 3.34. The second kappa shape index (κ2) is 4.67. The van der Waals surface area contributed by atoms with Crippen LogP contribution in [-0.2, 0) is 6.54 Å². The average molecular weight is 290 g/mol. The van der Waals surface area contributed by atoms with Crippen LogP contribution in [0.25, 0.3) is 0 Å². The lowest BCUT2D eigenvalue weighted by Crippen LogP contribution is -1.95. The molecule has 0 spiro atoms. The number of hydrogen-bond acceptors (Lipinski definition) is 3. The van der Waals surface area contributed by atoms with Gasteiger partial charge in [0.1, 0.15) is 0 Å². The summed E-state index contributed by atoms with van der Waals surface area (Å²) >= 11 is 6.71. The van der Waals surface area contributed by atoms with Crippen LogP contribution in [-0.4, -0.2) is 5.16 Å². The molecule has 2 nitrogen and oxygen atoms in total. The average Bonchev–Trinajstić information content (AvgIpc) is 2.09. The predicted molar refractivity (Wildman–Crippen MR) is 61.7 cm³/mol. The van der Waals surface area contributed by atoms with Crippen LogP contribution < -0.4 is 5.73 Å². The Balaban J connectivity index is 3.11. The van der Waals surface area contributed by atoms with E-state index in [-0.39, 0.29) is 0 Å². The Kier molecular flexibility index (Phi) is 3.81. The van der Waals surface area contributed by atoms with E-state index in [9.17, 15) is 0 Å². The van der Waals surface area contributed by atoms with Crippen molar-refractivity contribution in [2.75, 3.05) is 0 Å². The van der Waals surface area contributed by atoms with Crippen LogP contribution in [0.1, 0.15) is 5.56 Å². The van der Waals surface area contributed by atoms with E-state index >= 15 is 0 Å². The van der Waals surface area contributed by atoms with E-state index in [2.05, 4.69) is 45.0 Å². The predicted octanol–water partition coefficient (Wildman–Crippen LogP) is 2.48. The van der Waals surface area contributed by atoms with Crippen LogP contribution in [0.3, 0.4) is 0 Å². The summed E-state index contributed by atoms with van der Waals surface area (Å²) < 4.78 is 1.05. The van der Waals surface area contributed by atoms with E-state index in [0.717, 1.165) is 14.8 Å². The molecule has 0 atom stereocenters. The zero-order chi connectivity index (χ0) is 8.97. The molecule has 12 heavy (non-hydrogen) atoms. The number of rotatable bonds is 2. The van der Waals surface area contributed by atoms with Gasteiger partial charge in [0.2, 0.25) is 0 Å². The Morgan fingerprint density at radius 1 is 1.58 bits per heavy atom. The summed E-state index contributed by atoms with van der Waals surface area (Å²) in [6.07, 6.45) is 0. The van der Waals surface area contributed by atoms with E-state index in [0.29, 0.717) is 6.54 Å². The standard InChI is InChI=1S/C8H7IN2S/c9-7-3-6(4-10)1-2-8(7)11-5-12/h1-3H,4,10H2. The summed E-state index contributed by atoms with van der Waals surface area (Å²) in [4.78, 5) is 3.90. The second-order valence-corrected chi connectivity index (χ2v) is 3.54. The first-order chi connectivity index (χ1) is 5.77. The van der Waals surface area contributed by atoms with E-state index < -0.39 is 0 Å². The molecule has 0 fully saturated rings. The molecule has 2 N–H and O–H groups in total. The monoisotopic (exact) mass is 290 g/mol. The maximum atomic E-state index is 5.47. The zero-order valence-electron chi connectivity index (χ0n) is 6.25. The molecule has 1 aromatic rings. The van der Waals surface area contributed by atoms with Gasteiger partial charge in [-0.2, -0.15) is 4.99 Å². The molecule has 0 radical (unpaired) electrons. The molecule has 0 heterocycles. The summed E-state index contributed by atoms with van der Waals surface area (Å²) in [6.45, 7) is 0.553. The Bertz CT molecular complexity index is 332. The molecular weight excluding hydrogens is 283 g/mol. The molecule has 1 aromatic carbocycles. The van der Waals surface area contributed by atoms with E-state index in [1.807, 2.05) is 18.2 Å². The van der Waals surface area contributed by atoms with Crippen molar-refractivity contribution in [3.63, 3.8) is 0 Å². The second-order valence-electron chi connectivity index (χ2n) is 2.19. The van der Waals surface area contributed by atoms with E-state index in [1.54, 1.807) is 0 Å². The van der Waals surface area contributed by atoms with Gasteiger partial charge < -0.3 is 5.73 Å². The first-order valence-corrected chi connectivity index (χ1v) is 4.83. The number of nitrogens with two attached hydrogens (primary N) is 1. The van der Waals surface area contributed by atoms with Crippen molar-refractivity contribution in [3.8, 4) is 0 Å². The fourth-order valence-corrected chi connectivity index (χ4v) is 1.62. The van der Waals surface area contributed by atoms with Gasteiger partial charge in [0.25, 0.3) is 0 Å². The van der Waals surface area contributed by atoms with Crippen molar-refractivity contribution in [2.45, 2.75) is 6.54 Å². The van der Waals surface area contributed by atoms with Gasteiger partial charge in [-0.25, -0.2) is 0 Å². The number of hydrogen-bond donors (Lipinski definition) is 1. The number of nitrogens with zero attached hydrogens (tertiary/aromatic N) is 1. The van der Waals surface area contributed by atoms with E-state index in [1.165, 1.54) is 0 Å². The third-order valence-corrected chi connectivity index (χ3v) is 2.37. The molecular formula is C8H7IN2S. The third-order valence-electron chi connectivity index (χ3n) is 1.41. The van der Waals surface area contributed by atoms with Gasteiger partial charge in [-0.1, -0.05) is 6.07 Å². The maximum absolute atomic E-state index is 5.47. The molecule has 62 valence electrons. The van der Waals surface area contributed by atoms with Crippen molar-refractivity contribution >= 4 is 45.7 Å². The van der Waals surface area contributed by atoms with Crippen LogP contribution >= 0.6 is 34.8 Å². The fourth-order valence-electron chi connectivity index (χ4n) is 0.817. The van der Waals surface area contributed by atoms with Gasteiger partial charge in [-0.15, -0.1) is 0 Å². The molecule has 0 bridgehead atoms. The van der Waals surface area contributed by atoms with Crippen molar-refractivity contribution in [3.05, 3.63) is 27.3 Å².